The van der Waals surface area contributed by atoms with Crippen molar-refractivity contribution in [2.24, 2.45) is 11.3 Å². The van der Waals surface area contributed by atoms with E-state index in [1.165, 1.54) is 19.0 Å². The number of hydrogen-bond donors (Lipinski definition) is 5. The molecule has 12 heteroatoms. The number of ketones is 3. The monoisotopic (exact) mass is 559 g/mol. The van der Waals surface area contributed by atoms with Crippen LogP contribution in [0.15, 0.2) is 23.0 Å². The molecule has 3 aliphatic carbocycles. The van der Waals surface area contributed by atoms with Gasteiger partial charge in [0.1, 0.15) is 22.9 Å². The molecule has 216 valence electrons. The Hall–Kier alpha value is -3.61. The van der Waals surface area contributed by atoms with Gasteiger partial charge in [-0.05, 0) is 47.5 Å². The molecule has 0 aliphatic heterocycles. The number of halogens is 1. The number of aliphatic hydroxyl groups is 3. The summed E-state index contributed by atoms with van der Waals surface area (Å²) in [5.74, 6) is -7.99. The summed E-state index contributed by atoms with van der Waals surface area (Å²) in [6.45, 7) is 4.92. The van der Waals surface area contributed by atoms with Gasteiger partial charge in [-0.3, -0.25) is 29.0 Å². The first-order valence-corrected chi connectivity index (χ1v) is 12.9. The molecule has 0 heterocycles. The van der Waals surface area contributed by atoms with Gasteiger partial charge in [-0.25, -0.2) is 4.39 Å². The number of aliphatic hydroxyl groups excluding tert-OH is 2. The fourth-order valence-electron chi connectivity index (χ4n) is 6.38. The first-order chi connectivity index (χ1) is 18.5. The van der Waals surface area contributed by atoms with Crippen LogP contribution in [0.3, 0.4) is 0 Å². The number of nitrogens with zero attached hydrogens (tertiary/aromatic N) is 2. The number of hydrogen-bond acceptors (Lipinski definition) is 10. The second-order valence-corrected chi connectivity index (χ2v) is 11.4. The number of likely N-dealkylation sites (N-methyl/N-ethyl adjacent to an activating group) is 2. The molecule has 1 fully saturated rings. The molecule has 0 radical (unpaired) electrons. The maximum absolute atomic E-state index is 15.5. The highest BCUT2D eigenvalue weighted by Crippen LogP contribution is 2.58. The SMILES string of the molecule is CCN(C)CC(=O)Nc1cc(F)c2c(c1O)C(O)=C1C(=O)[C@]3(O)C(O)=C(C(C)=O)C(=O)[C@@H](N(C)C)[C@@H]3C[C@]1(C)C2. The highest BCUT2D eigenvalue weighted by molar-refractivity contribution is 6.25. The maximum Gasteiger partial charge on any atom is 0.238 e. The van der Waals surface area contributed by atoms with Gasteiger partial charge in [0, 0.05) is 28.5 Å². The number of Topliss-reactive ketones (excluding diaryl/α,β-unsaturated/α-hetero) is 3. The van der Waals surface area contributed by atoms with Crippen LogP contribution in [0.25, 0.3) is 5.76 Å². The zero-order valence-electron chi connectivity index (χ0n) is 23.3. The Balaban J connectivity index is 1.92. The fourth-order valence-corrected chi connectivity index (χ4v) is 6.38. The number of phenolic OH excluding ortho intramolecular Hbond substituents is 1. The smallest absolute Gasteiger partial charge is 0.238 e. The van der Waals surface area contributed by atoms with Crippen LogP contribution in [-0.2, 0) is 25.6 Å². The number of benzene rings is 1. The Morgan fingerprint density at radius 2 is 1.80 bits per heavy atom. The minimum Gasteiger partial charge on any atom is -0.508 e. The van der Waals surface area contributed by atoms with E-state index in [9.17, 15) is 39.6 Å². The number of amides is 1. The summed E-state index contributed by atoms with van der Waals surface area (Å²) >= 11 is 0. The molecule has 5 N–H and O–H groups in total. The first kappa shape index (κ1) is 29.4. The van der Waals surface area contributed by atoms with E-state index in [1.807, 2.05) is 6.92 Å². The van der Waals surface area contributed by atoms with Crippen molar-refractivity contribution < 1.29 is 44.0 Å². The van der Waals surface area contributed by atoms with Gasteiger partial charge >= 0.3 is 0 Å². The van der Waals surface area contributed by atoms with Gasteiger partial charge in [-0.2, -0.15) is 0 Å². The van der Waals surface area contributed by atoms with Gasteiger partial charge < -0.3 is 25.7 Å². The Morgan fingerprint density at radius 1 is 1.18 bits per heavy atom. The molecule has 1 aromatic carbocycles. The second kappa shape index (κ2) is 9.79. The van der Waals surface area contributed by atoms with Crippen molar-refractivity contribution in [3.05, 3.63) is 39.9 Å². The molecule has 1 aromatic rings. The molecule has 4 rings (SSSR count). The van der Waals surface area contributed by atoms with Crippen molar-refractivity contribution in [2.45, 2.75) is 45.3 Å². The summed E-state index contributed by atoms with van der Waals surface area (Å²) < 4.78 is 15.5. The van der Waals surface area contributed by atoms with Crippen LogP contribution >= 0.6 is 0 Å². The summed E-state index contributed by atoms with van der Waals surface area (Å²) in [6, 6.07) is -0.246. The van der Waals surface area contributed by atoms with Gasteiger partial charge in [0.25, 0.3) is 0 Å². The van der Waals surface area contributed by atoms with Crippen molar-refractivity contribution in [1.82, 2.24) is 9.80 Å². The number of phenols is 1. The minimum absolute atomic E-state index is 0.0530. The molecule has 4 atom stereocenters. The number of carbonyl (C=O) groups is 4. The standard InChI is InChI=1S/C28H34FN3O8/c1-7-32(6)11-17(34)30-16-8-15(29)13-9-27(3)10-14-21(31(4)5)24(37)18(12(2)33)25(38)28(14,40)26(39)20(27)23(36)19(13)22(16)35/h8,14,21,35-36,38,40H,7,9-11H2,1-6H3,(H,30,34)/t14-,21-,27-,28+/m0/s1. The number of carbonyl (C=O) groups excluding carboxylic acids is 4. The van der Waals surface area contributed by atoms with Crippen LogP contribution in [0.5, 0.6) is 5.75 Å². The lowest BCUT2D eigenvalue weighted by Crippen LogP contribution is -2.67. The van der Waals surface area contributed by atoms with E-state index < -0.39 is 80.5 Å². The summed E-state index contributed by atoms with van der Waals surface area (Å²) in [5.41, 5.74) is -6.02. The third-order valence-corrected chi connectivity index (χ3v) is 8.41. The third-order valence-electron chi connectivity index (χ3n) is 8.41. The number of nitrogens with one attached hydrogen (secondary N) is 1. The van der Waals surface area contributed by atoms with E-state index in [1.54, 1.807) is 18.9 Å². The van der Waals surface area contributed by atoms with E-state index in [-0.39, 0.29) is 36.2 Å². The van der Waals surface area contributed by atoms with Crippen LogP contribution in [0, 0.1) is 17.2 Å². The van der Waals surface area contributed by atoms with Gasteiger partial charge in [0.05, 0.1) is 23.8 Å². The second-order valence-electron chi connectivity index (χ2n) is 11.4. The predicted molar refractivity (Wildman–Crippen MR) is 142 cm³/mol. The Labute approximate surface area is 230 Å². The topological polar surface area (TPSA) is 168 Å². The van der Waals surface area contributed by atoms with Crippen LogP contribution < -0.4 is 5.32 Å². The molecule has 0 saturated heterocycles. The quantitative estimate of drug-likeness (QED) is 0.254. The number of aromatic hydroxyl groups is 1. The van der Waals surface area contributed by atoms with Crippen LogP contribution in [0.1, 0.15) is 38.3 Å². The summed E-state index contributed by atoms with van der Waals surface area (Å²) in [6.07, 6.45) is -0.357. The molecular weight excluding hydrogens is 525 g/mol. The zero-order chi connectivity index (χ0) is 30.1. The number of fused-ring (bicyclic) bond motifs is 3. The summed E-state index contributed by atoms with van der Waals surface area (Å²) in [4.78, 5) is 55.2. The molecule has 0 unspecified atom stereocenters. The van der Waals surface area contributed by atoms with Crippen molar-refractivity contribution in [2.75, 3.05) is 39.5 Å². The van der Waals surface area contributed by atoms with Gasteiger partial charge in [0.2, 0.25) is 11.7 Å². The van der Waals surface area contributed by atoms with Crippen molar-refractivity contribution in [3.8, 4) is 5.75 Å². The van der Waals surface area contributed by atoms with E-state index in [2.05, 4.69) is 5.32 Å². The zero-order valence-corrected chi connectivity index (χ0v) is 23.3. The molecule has 0 aromatic heterocycles. The Bertz CT molecular complexity index is 1420. The van der Waals surface area contributed by atoms with Crippen molar-refractivity contribution >= 4 is 34.7 Å². The largest absolute Gasteiger partial charge is 0.508 e. The molecule has 1 saturated carbocycles. The van der Waals surface area contributed by atoms with E-state index in [4.69, 9.17) is 0 Å². The first-order valence-electron chi connectivity index (χ1n) is 12.9. The van der Waals surface area contributed by atoms with Crippen molar-refractivity contribution in [1.29, 1.82) is 0 Å². The molecular formula is C28H34FN3O8. The normalized spacial score (nSPS) is 28.1. The lowest BCUT2D eigenvalue weighted by molar-refractivity contribution is -0.156. The average molecular weight is 560 g/mol. The maximum atomic E-state index is 15.5. The van der Waals surface area contributed by atoms with Crippen molar-refractivity contribution in [3.63, 3.8) is 0 Å². The molecule has 11 nitrogen and oxygen atoms in total. The van der Waals surface area contributed by atoms with Crippen LogP contribution in [-0.4, -0.2) is 99.4 Å². The minimum atomic E-state index is -2.74. The average Bonchev–Trinajstić information content (AvgIpc) is 2.83. The summed E-state index contributed by atoms with van der Waals surface area (Å²) in [5, 5.41) is 47.6. The third kappa shape index (κ3) is 4.13. The molecule has 40 heavy (non-hydrogen) atoms. The number of rotatable bonds is 6. The van der Waals surface area contributed by atoms with Crippen LogP contribution in [0.2, 0.25) is 0 Å². The molecule has 1 amide bonds. The van der Waals surface area contributed by atoms with E-state index in [0.717, 1.165) is 13.0 Å². The highest BCUT2D eigenvalue weighted by atomic mass is 19.1. The predicted octanol–water partition coefficient (Wildman–Crippen LogP) is 1.49. The Morgan fingerprint density at radius 3 is 2.35 bits per heavy atom. The number of anilines is 1. The van der Waals surface area contributed by atoms with Crippen LogP contribution in [0.4, 0.5) is 10.1 Å². The highest BCUT2D eigenvalue weighted by Gasteiger charge is 2.66. The van der Waals surface area contributed by atoms with Gasteiger partial charge in [0.15, 0.2) is 22.9 Å². The lowest BCUT2D eigenvalue weighted by atomic mass is 9.52. The summed E-state index contributed by atoms with van der Waals surface area (Å²) in [7, 11) is 4.75. The molecule has 3 aliphatic rings. The lowest BCUT2D eigenvalue weighted by Gasteiger charge is -2.53. The Kier molecular flexibility index (Phi) is 7.19. The molecule has 0 spiro atoms. The van der Waals surface area contributed by atoms with E-state index in [0.29, 0.717) is 6.54 Å². The van der Waals surface area contributed by atoms with Gasteiger partial charge in [-0.15, -0.1) is 0 Å². The van der Waals surface area contributed by atoms with Gasteiger partial charge in [-0.1, -0.05) is 13.8 Å². The molecule has 0 bridgehead atoms. The fraction of sp³-hybridized carbons (Fsp3) is 0.500. The van der Waals surface area contributed by atoms with E-state index >= 15 is 4.39 Å².